The summed E-state index contributed by atoms with van der Waals surface area (Å²) >= 11 is 6.73. The molecule has 1 aromatic heterocycles. The largest absolute Gasteiger partial charge is 0.497 e. The number of rotatable bonds is 8. The highest BCUT2D eigenvalue weighted by Gasteiger charge is 2.25. The average Bonchev–Trinajstić information content (AvgIpc) is 3.22. The lowest BCUT2D eigenvalue weighted by Gasteiger charge is -2.17. The third kappa shape index (κ3) is 5.31. The summed E-state index contributed by atoms with van der Waals surface area (Å²) in [6.07, 6.45) is 0. The minimum atomic E-state index is -4.02. The van der Waals surface area contributed by atoms with Crippen molar-refractivity contribution in [2.45, 2.75) is 17.3 Å². The molecule has 3 rings (SSSR count). The van der Waals surface area contributed by atoms with E-state index in [1.54, 1.807) is 49.4 Å². The number of halogens is 1. The smallest absolute Gasteiger partial charge is 0.270 e. The maximum atomic E-state index is 12.8. The molecule has 9 nitrogen and oxygen atoms in total. The van der Waals surface area contributed by atoms with Gasteiger partial charge in [0.15, 0.2) is 0 Å². The molecule has 0 spiro atoms. The standard InChI is InChI=1S/C19H19ClN4O5S2/c1-11(14-10-12(28-2)8-9-16(14)29-3)24-31(26,27)19-23-22-18(30-19)21-17(25)13-6-4-5-7-15(13)20/h4-11,24H,1-3H3,(H,21,22,25)/t11-/m1/s1. The molecule has 0 bridgehead atoms. The molecule has 2 aromatic carbocycles. The van der Waals surface area contributed by atoms with E-state index in [0.717, 1.165) is 11.3 Å². The van der Waals surface area contributed by atoms with Crippen molar-refractivity contribution < 1.29 is 22.7 Å². The Labute approximate surface area is 188 Å². The molecule has 1 atom stereocenters. The van der Waals surface area contributed by atoms with Crippen LogP contribution in [0.15, 0.2) is 46.8 Å². The second-order valence-corrected chi connectivity index (χ2v) is 9.53. The van der Waals surface area contributed by atoms with Crippen LogP contribution in [0.5, 0.6) is 11.5 Å². The average molecular weight is 483 g/mol. The topological polar surface area (TPSA) is 120 Å². The van der Waals surface area contributed by atoms with Crippen LogP contribution in [0.3, 0.4) is 0 Å². The highest BCUT2D eigenvalue weighted by molar-refractivity contribution is 7.91. The number of hydrogen-bond donors (Lipinski definition) is 2. The Balaban J connectivity index is 1.77. The summed E-state index contributed by atoms with van der Waals surface area (Å²) in [4.78, 5) is 12.3. The number of benzene rings is 2. The lowest BCUT2D eigenvalue weighted by atomic mass is 10.1. The summed E-state index contributed by atoms with van der Waals surface area (Å²) in [5.74, 6) is 0.538. The molecule has 0 saturated carbocycles. The zero-order valence-corrected chi connectivity index (χ0v) is 19.1. The molecule has 31 heavy (non-hydrogen) atoms. The predicted molar refractivity (Wildman–Crippen MR) is 118 cm³/mol. The minimum absolute atomic E-state index is 0.0249. The van der Waals surface area contributed by atoms with Gasteiger partial charge < -0.3 is 9.47 Å². The van der Waals surface area contributed by atoms with Gasteiger partial charge in [-0.25, -0.2) is 13.1 Å². The van der Waals surface area contributed by atoms with E-state index in [0.29, 0.717) is 17.1 Å². The first-order valence-electron chi connectivity index (χ1n) is 8.88. The monoisotopic (exact) mass is 482 g/mol. The van der Waals surface area contributed by atoms with Gasteiger partial charge in [-0.3, -0.25) is 10.1 Å². The number of amides is 1. The number of hydrogen-bond acceptors (Lipinski definition) is 8. The molecule has 0 aliphatic rings. The van der Waals surface area contributed by atoms with Gasteiger partial charge in [0.2, 0.25) is 9.47 Å². The van der Waals surface area contributed by atoms with Gasteiger partial charge in [0.1, 0.15) is 11.5 Å². The Morgan fingerprint density at radius 2 is 1.87 bits per heavy atom. The van der Waals surface area contributed by atoms with Crippen LogP contribution in [0.25, 0.3) is 0 Å². The summed E-state index contributed by atoms with van der Waals surface area (Å²) in [5.41, 5.74) is 0.822. The summed E-state index contributed by atoms with van der Waals surface area (Å²) in [5, 5.41) is 10.2. The van der Waals surface area contributed by atoms with Gasteiger partial charge in [-0.1, -0.05) is 35.1 Å². The van der Waals surface area contributed by atoms with Gasteiger partial charge in [0, 0.05) is 11.6 Å². The number of methoxy groups -OCH3 is 2. The van der Waals surface area contributed by atoms with Crippen molar-refractivity contribution in [3.63, 3.8) is 0 Å². The van der Waals surface area contributed by atoms with Crippen LogP contribution in [0.2, 0.25) is 5.02 Å². The first kappa shape index (κ1) is 22.9. The lowest BCUT2D eigenvalue weighted by molar-refractivity contribution is 0.102. The van der Waals surface area contributed by atoms with E-state index in [4.69, 9.17) is 21.1 Å². The maximum Gasteiger partial charge on any atom is 0.270 e. The predicted octanol–water partition coefficient (Wildman–Crippen LogP) is 3.50. The van der Waals surface area contributed by atoms with E-state index in [-0.39, 0.29) is 20.1 Å². The molecule has 0 saturated heterocycles. The minimum Gasteiger partial charge on any atom is -0.497 e. The van der Waals surface area contributed by atoms with E-state index in [9.17, 15) is 13.2 Å². The Morgan fingerprint density at radius 1 is 1.13 bits per heavy atom. The Kier molecular flexibility index (Phi) is 7.11. The van der Waals surface area contributed by atoms with Crippen molar-refractivity contribution in [3.05, 3.63) is 58.6 Å². The first-order valence-corrected chi connectivity index (χ1v) is 11.6. The van der Waals surface area contributed by atoms with Crippen molar-refractivity contribution >= 4 is 44.0 Å². The zero-order valence-electron chi connectivity index (χ0n) is 16.7. The van der Waals surface area contributed by atoms with Crippen LogP contribution in [0.1, 0.15) is 28.9 Å². The van der Waals surface area contributed by atoms with E-state index in [1.165, 1.54) is 14.2 Å². The number of carbonyl (C=O) groups is 1. The molecule has 2 N–H and O–H groups in total. The molecule has 0 aliphatic heterocycles. The van der Waals surface area contributed by atoms with Crippen LogP contribution in [0, 0.1) is 0 Å². The summed E-state index contributed by atoms with van der Waals surface area (Å²) in [6.45, 7) is 1.66. The van der Waals surface area contributed by atoms with Gasteiger partial charge in [-0.15, -0.1) is 10.2 Å². The molecule has 0 radical (unpaired) electrons. The highest BCUT2D eigenvalue weighted by atomic mass is 35.5. The van der Waals surface area contributed by atoms with Crippen LogP contribution >= 0.6 is 22.9 Å². The van der Waals surface area contributed by atoms with Gasteiger partial charge in [-0.2, -0.15) is 0 Å². The second-order valence-electron chi connectivity index (χ2n) is 6.26. The summed E-state index contributed by atoms with van der Waals surface area (Å²) in [6, 6.07) is 10.9. The fourth-order valence-electron chi connectivity index (χ4n) is 2.70. The maximum absolute atomic E-state index is 12.8. The summed E-state index contributed by atoms with van der Waals surface area (Å²) in [7, 11) is -1.01. The number of sulfonamides is 1. The molecule has 0 fully saturated rings. The Morgan fingerprint density at radius 3 is 2.55 bits per heavy atom. The summed E-state index contributed by atoms with van der Waals surface area (Å²) < 4.78 is 38.3. The molecule has 12 heteroatoms. The molecule has 1 heterocycles. The van der Waals surface area contributed by atoms with E-state index in [1.807, 2.05) is 0 Å². The third-order valence-corrected chi connectivity index (χ3v) is 7.29. The normalized spacial score (nSPS) is 12.3. The van der Waals surface area contributed by atoms with Crippen LogP contribution in [-0.4, -0.2) is 38.7 Å². The molecule has 1 amide bonds. The Hall–Kier alpha value is -2.73. The molecular formula is C19H19ClN4O5S2. The lowest BCUT2D eigenvalue weighted by Crippen LogP contribution is -2.27. The zero-order chi connectivity index (χ0) is 22.6. The van der Waals surface area contributed by atoms with Crippen molar-refractivity contribution in [1.29, 1.82) is 0 Å². The molecule has 0 aliphatic carbocycles. The number of anilines is 1. The fourth-order valence-corrected chi connectivity index (χ4v) is 5.06. The molecule has 0 unspecified atom stereocenters. The fraction of sp³-hybridized carbons (Fsp3) is 0.211. The van der Waals surface area contributed by atoms with Crippen molar-refractivity contribution in [2.75, 3.05) is 19.5 Å². The van der Waals surface area contributed by atoms with Gasteiger partial charge in [-0.05, 0) is 37.3 Å². The second kappa shape index (κ2) is 9.60. The van der Waals surface area contributed by atoms with Gasteiger partial charge in [0.05, 0.1) is 24.8 Å². The number of ether oxygens (including phenoxy) is 2. The Bertz CT molecular complexity index is 1200. The van der Waals surface area contributed by atoms with Crippen molar-refractivity contribution in [1.82, 2.24) is 14.9 Å². The van der Waals surface area contributed by atoms with Crippen LogP contribution < -0.4 is 19.5 Å². The molecular weight excluding hydrogens is 464 g/mol. The van der Waals surface area contributed by atoms with Crippen molar-refractivity contribution in [3.8, 4) is 11.5 Å². The van der Waals surface area contributed by atoms with E-state index < -0.39 is 22.0 Å². The van der Waals surface area contributed by atoms with E-state index in [2.05, 4.69) is 20.2 Å². The number of nitrogens with zero attached hydrogens (tertiary/aromatic N) is 2. The SMILES string of the molecule is COc1ccc(OC)c([C@@H](C)NS(=O)(=O)c2nnc(NC(=O)c3ccccc3Cl)s2)c1. The first-order chi connectivity index (χ1) is 14.7. The quantitative estimate of drug-likeness (QED) is 0.471. The number of aromatic nitrogens is 2. The van der Waals surface area contributed by atoms with Gasteiger partial charge >= 0.3 is 0 Å². The van der Waals surface area contributed by atoms with E-state index >= 15 is 0 Å². The highest BCUT2D eigenvalue weighted by Crippen LogP contribution is 2.31. The number of nitrogens with one attached hydrogen (secondary N) is 2. The number of carbonyl (C=O) groups excluding carboxylic acids is 1. The van der Waals surface area contributed by atoms with Crippen LogP contribution in [-0.2, 0) is 10.0 Å². The van der Waals surface area contributed by atoms with Gasteiger partial charge in [0.25, 0.3) is 15.9 Å². The third-order valence-electron chi connectivity index (χ3n) is 4.21. The van der Waals surface area contributed by atoms with Crippen molar-refractivity contribution in [2.24, 2.45) is 0 Å². The van der Waals surface area contributed by atoms with Crippen LogP contribution in [0.4, 0.5) is 5.13 Å². The molecule has 164 valence electrons. The molecule has 3 aromatic rings.